The number of rotatable bonds is 10. The average Bonchev–Trinajstić information content (AvgIpc) is 3.36. The fourth-order valence-electron chi connectivity index (χ4n) is 6.19. The molecule has 0 spiro atoms. The van der Waals surface area contributed by atoms with Crippen molar-refractivity contribution in [3.05, 3.63) is 17.7 Å². The first-order valence-electron chi connectivity index (χ1n) is 14.5. The fourth-order valence-corrected chi connectivity index (χ4v) is 6.19. The molecular formula is C28H47N5O4. The number of carbonyl (C=O) groups excluding carboxylic acids is 2. The van der Waals surface area contributed by atoms with E-state index in [0.29, 0.717) is 82.9 Å². The Labute approximate surface area is 221 Å². The lowest BCUT2D eigenvalue weighted by Gasteiger charge is -2.40. The lowest BCUT2D eigenvalue weighted by Crippen LogP contribution is -2.56. The van der Waals surface area contributed by atoms with Gasteiger partial charge in [-0.05, 0) is 38.0 Å². The molecule has 2 atom stereocenters. The highest BCUT2D eigenvalue weighted by Gasteiger charge is 2.36. The number of nitrogens with one attached hydrogen (secondary N) is 1. The summed E-state index contributed by atoms with van der Waals surface area (Å²) in [7, 11) is 0. The standard InChI is InChI=1S/C28H47N5O4/c1-21(2)20-33(24-16-23(17-29-18-24)27(35)31-11-14-37-15-12-31)28(36)25-19-30-26(22-8-4-3-5-9-22)32(25)10-6-7-13-34/h19,21-24,29,34H,3-18,20H2,1-2H3/t23-,24+/m1/s1. The Morgan fingerprint density at radius 1 is 1.16 bits per heavy atom. The van der Waals surface area contributed by atoms with Crippen LogP contribution in [0.25, 0.3) is 0 Å². The zero-order valence-corrected chi connectivity index (χ0v) is 22.9. The molecule has 4 rings (SSSR count). The van der Waals surface area contributed by atoms with Gasteiger partial charge in [-0.2, -0.15) is 0 Å². The zero-order valence-electron chi connectivity index (χ0n) is 22.9. The van der Waals surface area contributed by atoms with Crippen LogP contribution in [0.15, 0.2) is 6.20 Å². The molecule has 208 valence electrons. The molecule has 1 aromatic rings. The van der Waals surface area contributed by atoms with Crippen LogP contribution < -0.4 is 5.32 Å². The Hall–Kier alpha value is -1.97. The summed E-state index contributed by atoms with van der Waals surface area (Å²) in [5, 5.41) is 12.8. The number of amides is 2. The fraction of sp³-hybridized carbons (Fsp3) is 0.821. The van der Waals surface area contributed by atoms with E-state index in [1.165, 1.54) is 19.3 Å². The second-order valence-corrected chi connectivity index (χ2v) is 11.5. The van der Waals surface area contributed by atoms with E-state index in [1.807, 2.05) is 9.80 Å². The molecule has 3 heterocycles. The first kappa shape index (κ1) is 28.0. The van der Waals surface area contributed by atoms with Crippen LogP contribution in [0, 0.1) is 11.8 Å². The summed E-state index contributed by atoms with van der Waals surface area (Å²) in [5.41, 5.74) is 0.654. The molecule has 2 aliphatic heterocycles. The van der Waals surface area contributed by atoms with Gasteiger partial charge in [-0.15, -0.1) is 0 Å². The number of hydrogen-bond donors (Lipinski definition) is 2. The van der Waals surface area contributed by atoms with Crippen molar-refractivity contribution < 1.29 is 19.4 Å². The topological polar surface area (TPSA) is 99.9 Å². The molecule has 2 N–H and O–H groups in total. The lowest BCUT2D eigenvalue weighted by molar-refractivity contribution is -0.140. The number of ether oxygens (including phenoxy) is 1. The summed E-state index contributed by atoms with van der Waals surface area (Å²) in [6, 6.07) is -0.0439. The summed E-state index contributed by atoms with van der Waals surface area (Å²) >= 11 is 0. The van der Waals surface area contributed by atoms with Crippen LogP contribution >= 0.6 is 0 Å². The van der Waals surface area contributed by atoms with Crippen molar-refractivity contribution in [2.75, 3.05) is 52.5 Å². The van der Waals surface area contributed by atoms with E-state index in [4.69, 9.17) is 9.72 Å². The molecule has 3 fully saturated rings. The van der Waals surface area contributed by atoms with Gasteiger partial charge in [0.25, 0.3) is 5.91 Å². The number of imidazole rings is 1. The van der Waals surface area contributed by atoms with Gasteiger partial charge in [0.05, 0.1) is 25.3 Å². The number of nitrogens with zero attached hydrogens (tertiary/aromatic N) is 4. The second kappa shape index (κ2) is 13.7. The number of piperidine rings is 1. The Kier molecular flexibility index (Phi) is 10.4. The normalized spacial score (nSPS) is 23.4. The van der Waals surface area contributed by atoms with Crippen LogP contribution in [-0.2, 0) is 16.1 Å². The third kappa shape index (κ3) is 7.12. The number of aliphatic hydroxyl groups is 1. The molecule has 0 bridgehead atoms. The van der Waals surface area contributed by atoms with Crippen LogP contribution in [0.4, 0.5) is 0 Å². The second-order valence-electron chi connectivity index (χ2n) is 11.5. The van der Waals surface area contributed by atoms with Crippen molar-refractivity contribution in [2.24, 2.45) is 11.8 Å². The highest BCUT2D eigenvalue weighted by Crippen LogP contribution is 2.33. The van der Waals surface area contributed by atoms with Crippen molar-refractivity contribution in [1.82, 2.24) is 24.7 Å². The van der Waals surface area contributed by atoms with Gasteiger partial charge in [-0.1, -0.05) is 33.1 Å². The minimum atomic E-state index is -0.133. The summed E-state index contributed by atoms with van der Waals surface area (Å²) < 4.78 is 7.57. The predicted octanol–water partition coefficient (Wildman–Crippen LogP) is 2.64. The Bertz CT molecular complexity index is 876. The first-order valence-corrected chi connectivity index (χ1v) is 14.5. The quantitative estimate of drug-likeness (QED) is 0.463. The van der Waals surface area contributed by atoms with Crippen molar-refractivity contribution in [1.29, 1.82) is 0 Å². The molecule has 2 saturated heterocycles. The predicted molar refractivity (Wildman–Crippen MR) is 142 cm³/mol. The summed E-state index contributed by atoms with van der Waals surface area (Å²) in [6.45, 7) is 9.60. The van der Waals surface area contributed by atoms with E-state index < -0.39 is 0 Å². The van der Waals surface area contributed by atoms with E-state index in [0.717, 1.165) is 25.1 Å². The van der Waals surface area contributed by atoms with Crippen LogP contribution in [-0.4, -0.2) is 94.9 Å². The SMILES string of the molecule is CC(C)CN(C(=O)c1cnc(C2CCCCC2)n1CCCCO)[C@@H]1CNC[C@H](C(=O)N2CCOCC2)C1. The lowest BCUT2D eigenvalue weighted by atomic mass is 9.88. The number of aromatic nitrogens is 2. The average molecular weight is 518 g/mol. The van der Waals surface area contributed by atoms with Crippen LogP contribution in [0.1, 0.15) is 87.4 Å². The van der Waals surface area contributed by atoms with E-state index in [1.54, 1.807) is 6.20 Å². The van der Waals surface area contributed by atoms with Crippen molar-refractivity contribution in [3.63, 3.8) is 0 Å². The maximum absolute atomic E-state index is 14.2. The van der Waals surface area contributed by atoms with Gasteiger partial charge in [-0.3, -0.25) is 9.59 Å². The summed E-state index contributed by atoms with van der Waals surface area (Å²) in [6.07, 6.45) is 9.93. The van der Waals surface area contributed by atoms with E-state index >= 15 is 0 Å². The van der Waals surface area contributed by atoms with Crippen molar-refractivity contribution in [3.8, 4) is 0 Å². The molecule has 1 aliphatic carbocycles. The highest BCUT2D eigenvalue weighted by molar-refractivity contribution is 5.93. The Morgan fingerprint density at radius 2 is 1.92 bits per heavy atom. The van der Waals surface area contributed by atoms with Crippen molar-refractivity contribution in [2.45, 2.75) is 83.7 Å². The first-order chi connectivity index (χ1) is 18.0. The molecule has 3 aliphatic rings. The minimum absolute atomic E-state index is 0.0125. The number of aliphatic hydroxyl groups excluding tert-OH is 1. The van der Waals surface area contributed by atoms with Gasteiger partial charge >= 0.3 is 0 Å². The number of morpholine rings is 1. The number of hydrogen-bond acceptors (Lipinski definition) is 6. The van der Waals surface area contributed by atoms with E-state index in [2.05, 4.69) is 23.7 Å². The van der Waals surface area contributed by atoms with Crippen LogP contribution in [0.3, 0.4) is 0 Å². The molecular weight excluding hydrogens is 470 g/mol. The van der Waals surface area contributed by atoms with Gasteiger partial charge in [0.1, 0.15) is 11.5 Å². The number of carbonyl (C=O) groups is 2. The molecule has 9 heteroatoms. The molecule has 37 heavy (non-hydrogen) atoms. The monoisotopic (exact) mass is 517 g/mol. The van der Waals surface area contributed by atoms with Gasteiger partial charge in [0.15, 0.2) is 0 Å². The van der Waals surface area contributed by atoms with E-state index in [9.17, 15) is 14.7 Å². The molecule has 1 aromatic heterocycles. The maximum atomic E-state index is 14.2. The molecule has 2 amide bonds. The molecule has 1 saturated carbocycles. The van der Waals surface area contributed by atoms with Gasteiger partial charge in [-0.25, -0.2) is 4.98 Å². The maximum Gasteiger partial charge on any atom is 0.272 e. The van der Waals surface area contributed by atoms with Crippen LogP contribution in [0.5, 0.6) is 0 Å². The molecule has 0 unspecified atom stereocenters. The molecule has 9 nitrogen and oxygen atoms in total. The summed E-state index contributed by atoms with van der Waals surface area (Å²) in [5.74, 6) is 1.79. The smallest absolute Gasteiger partial charge is 0.272 e. The Morgan fingerprint density at radius 3 is 2.62 bits per heavy atom. The van der Waals surface area contributed by atoms with Gasteiger partial charge in [0.2, 0.25) is 5.91 Å². The largest absolute Gasteiger partial charge is 0.396 e. The van der Waals surface area contributed by atoms with Gasteiger partial charge in [0, 0.05) is 57.8 Å². The zero-order chi connectivity index (χ0) is 26.2. The molecule has 0 aromatic carbocycles. The Balaban J connectivity index is 1.55. The molecule has 0 radical (unpaired) electrons. The highest BCUT2D eigenvalue weighted by atomic mass is 16.5. The van der Waals surface area contributed by atoms with E-state index in [-0.39, 0.29) is 30.4 Å². The van der Waals surface area contributed by atoms with Crippen molar-refractivity contribution >= 4 is 11.8 Å². The minimum Gasteiger partial charge on any atom is -0.396 e. The summed E-state index contributed by atoms with van der Waals surface area (Å²) in [4.78, 5) is 36.2. The van der Waals surface area contributed by atoms with Gasteiger partial charge < -0.3 is 29.5 Å². The third-order valence-electron chi connectivity index (χ3n) is 8.13. The van der Waals surface area contributed by atoms with Crippen LogP contribution in [0.2, 0.25) is 0 Å². The third-order valence-corrected chi connectivity index (χ3v) is 8.13. The number of unbranched alkanes of at least 4 members (excludes halogenated alkanes) is 1.